The van der Waals surface area contributed by atoms with Gasteiger partial charge in [-0.25, -0.2) is 23.4 Å². The van der Waals surface area contributed by atoms with Crippen LogP contribution in [0.5, 0.6) is 5.75 Å². The molecule has 3 aromatic heterocycles. The standard InChI is InChI=1S/C28H29ClFN7O3/c1-6-22(39)34-10-11-35(17(5)14-34)25-18-12-19(29)24(23-20(30)8-7-9-21(23)38)32-26(18)36(28(40)33-25)27-16(4)13-31-37(27)15(2)3/h6-9,12-13,15,17,38H,1,10-11,14H2,2-5H3/t17-/m0/s1. The summed E-state index contributed by atoms with van der Waals surface area (Å²) in [5.74, 6) is -0.399. The van der Waals surface area contributed by atoms with E-state index < -0.39 is 11.5 Å². The number of phenolic OH excluding ortho intramolecular Hbond substituents is 1. The number of benzene rings is 1. The molecule has 208 valence electrons. The van der Waals surface area contributed by atoms with Crippen LogP contribution in [-0.4, -0.2) is 65.9 Å². The number of piperazine rings is 1. The first kappa shape index (κ1) is 27.3. The molecule has 0 aliphatic carbocycles. The molecule has 1 amide bonds. The molecule has 1 aliphatic heterocycles. The van der Waals surface area contributed by atoms with Gasteiger partial charge in [-0.2, -0.15) is 10.1 Å². The summed E-state index contributed by atoms with van der Waals surface area (Å²) in [6.45, 7) is 12.4. The van der Waals surface area contributed by atoms with Gasteiger partial charge in [-0.1, -0.05) is 24.2 Å². The Bertz CT molecular complexity index is 1690. The third kappa shape index (κ3) is 4.49. The predicted octanol–water partition coefficient (Wildman–Crippen LogP) is 4.25. The van der Waals surface area contributed by atoms with Gasteiger partial charge in [-0.15, -0.1) is 0 Å². The van der Waals surface area contributed by atoms with Crippen molar-refractivity contribution in [1.29, 1.82) is 0 Å². The molecule has 1 atom stereocenters. The molecular formula is C28H29ClFN7O3. The van der Waals surface area contributed by atoms with Gasteiger partial charge in [0.2, 0.25) is 5.91 Å². The molecule has 1 aliphatic rings. The molecule has 5 rings (SSSR count). The fourth-order valence-electron chi connectivity index (χ4n) is 5.14. The van der Waals surface area contributed by atoms with Crippen molar-refractivity contribution in [3.63, 3.8) is 0 Å². The van der Waals surface area contributed by atoms with Gasteiger partial charge < -0.3 is 14.9 Å². The summed E-state index contributed by atoms with van der Waals surface area (Å²) in [5.41, 5.74) is 0.0924. The number of pyridine rings is 1. The Labute approximate surface area is 234 Å². The number of anilines is 1. The second-order valence-electron chi connectivity index (χ2n) is 10.1. The number of carbonyl (C=O) groups is 1. The van der Waals surface area contributed by atoms with Crippen LogP contribution in [0.2, 0.25) is 5.02 Å². The average molecular weight is 566 g/mol. The van der Waals surface area contributed by atoms with Crippen LogP contribution in [0, 0.1) is 12.7 Å². The zero-order valence-corrected chi connectivity index (χ0v) is 23.4. The zero-order valence-electron chi connectivity index (χ0n) is 22.6. The van der Waals surface area contributed by atoms with Gasteiger partial charge in [-0.05, 0) is 52.0 Å². The quantitative estimate of drug-likeness (QED) is 0.360. The summed E-state index contributed by atoms with van der Waals surface area (Å²) in [6, 6.07) is 5.22. The number of carbonyl (C=O) groups excluding carboxylic acids is 1. The summed E-state index contributed by atoms with van der Waals surface area (Å²) in [4.78, 5) is 38.9. The summed E-state index contributed by atoms with van der Waals surface area (Å²) in [6.07, 6.45) is 2.93. The van der Waals surface area contributed by atoms with Gasteiger partial charge in [0.25, 0.3) is 0 Å². The van der Waals surface area contributed by atoms with Crippen molar-refractivity contribution in [1.82, 2.24) is 29.2 Å². The molecule has 4 heterocycles. The van der Waals surface area contributed by atoms with Crippen LogP contribution >= 0.6 is 11.6 Å². The van der Waals surface area contributed by atoms with Gasteiger partial charge in [0, 0.05) is 37.3 Å². The van der Waals surface area contributed by atoms with E-state index in [1.54, 1.807) is 21.8 Å². The molecule has 4 aromatic rings. The normalized spacial score (nSPS) is 15.7. The highest BCUT2D eigenvalue weighted by molar-refractivity contribution is 6.34. The number of hydrogen-bond acceptors (Lipinski definition) is 7. The van der Waals surface area contributed by atoms with Gasteiger partial charge >= 0.3 is 5.69 Å². The minimum Gasteiger partial charge on any atom is -0.507 e. The van der Waals surface area contributed by atoms with Crippen LogP contribution in [0.1, 0.15) is 32.4 Å². The smallest absolute Gasteiger partial charge is 0.357 e. The maximum atomic E-state index is 15.0. The van der Waals surface area contributed by atoms with Crippen molar-refractivity contribution in [3.8, 4) is 22.8 Å². The summed E-state index contributed by atoms with van der Waals surface area (Å²) >= 11 is 6.69. The molecule has 1 fully saturated rings. The number of aromatic nitrogens is 5. The Morgan fingerprint density at radius 3 is 2.67 bits per heavy atom. The van der Waals surface area contributed by atoms with Crippen molar-refractivity contribution in [3.05, 3.63) is 70.0 Å². The number of rotatable bonds is 5. The summed E-state index contributed by atoms with van der Waals surface area (Å²) in [5, 5.41) is 15.5. The summed E-state index contributed by atoms with van der Waals surface area (Å²) < 4.78 is 18.0. The van der Waals surface area contributed by atoms with E-state index in [4.69, 9.17) is 16.6 Å². The molecule has 12 heteroatoms. The van der Waals surface area contributed by atoms with E-state index in [2.05, 4.69) is 16.7 Å². The van der Waals surface area contributed by atoms with E-state index >= 15 is 0 Å². The fraction of sp³-hybridized carbons (Fsp3) is 0.321. The maximum absolute atomic E-state index is 15.0. The van der Waals surface area contributed by atoms with Gasteiger partial charge in [0.15, 0.2) is 5.65 Å². The van der Waals surface area contributed by atoms with Gasteiger partial charge in [-0.3, -0.25) is 4.79 Å². The van der Waals surface area contributed by atoms with Crippen molar-refractivity contribution in [2.24, 2.45) is 0 Å². The third-order valence-electron chi connectivity index (χ3n) is 7.06. The highest BCUT2D eigenvalue weighted by atomic mass is 35.5. The van der Waals surface area contributed by atoms with Crippen LogP contribution in [0.4, 0.5) is 10.2 Å². The molecule has 0 spiro atoms. The Balaban J connectivity index is 1.81. The van der Waals surface area contributed by atoms with Crippen LogP contribution in [-0.2, 0) is 4.79 Å². The third-order valence-corrected chi connectivity index (χ3v) is 7.35. The largest absolute Gasteiger partial charge is 0.507 e. The van der Waals surface area contributed by atoms with Gasteiger partial charge in [0.1, 0.15) is 23.2 Å². The van der Waals surface area contributed by atoms with Crippen molar-refractivity contribution in [2.45, 2.75) is 39.8 Å². The number of aromatic hydroxyl groups is 1. The number of aryl methyl sites for hydroxylation is 1. The number of fused-ring (bicyclic) bond motifs is 1. The number of nitrogens with zero attached hydrogens (tertiary/aromatic N) is 7. The first-order valence-electron chi connectivity index (χ1n) is 12.9. The van der Waals surface area contributed by atoms with E-state index in [1.165, 1.54) is 28.8 Å². The first-order valence-corrected chi connectivity index (χ1v) is 13.2. The van der Waals surface area contributed by atoms with Crippen molar-refractivity contribution >= 4 is 34.4 Å². The molecule has 40 heavy (non-hydrogen) atoms. The van der Waals surface area contributed by atoms with E-state index in [0.717, 1.165) is 0 Å². The Morgan fingerprint density at radius 2 is 2.02 bits per heavy atom. The topological polar surface area (TPSA) is 109 Å². The lowest BCUT2D eigenvalue weighted by molar-refractivity contribution is -0.126. The summed E-state index contributed by atoms with van der Waals surface area (Å²) in [7, 11) is 0. The minimum absolute atomic E-state index is 0.0159. The van der Waals surface area contributed by atoms with E-state index in [0.29, 0.717) is 42.2 Å². The molecule has 1 saturated heterocycles. The zero-order chi connectivity index (χ0) is 28.9. The predicted molar refractivity (Wildman–Crippen MR) is 152 cm³/mol. The maximum Gasteiger partial charge on any atom is 0.357 e. The molecule has 1 aromatic carbocycles. The Morgan fingerprint density at radius 1 is 1.27 bits per heavy atom. The Hall–Kier alpha value is -4.25. The van der Waals surface area contributed by atoms with E-state index in [1.807, 2.05) is 32.6 Å². The molecule has 1 N–H and O–H groups in total. The lowest BCUT2D eigenvalue weighted by atomic mass is 10.1. The molecule has 10 nitrogen and oxygen atoms in total. The fourth-order valence-corrected chi connectivity index (χ4v) is 5.38. The number of phenols is 1. The van der Waals surface area contributed by atoms with Gasteiger partial charge in [0.05, 0.1) is 27.9 Å². The van der Waals surface area contributed by atoms with Crippen LogP contribution in [0.25, 0.3) is 28.1 Å². The lowest BCUT2D eigenvalue weighted by Crippen LogP contribution is -2.54. The van der Waals surface area contributed by atoms with E-state index in [9.17, 15) is 19.1 Å². The van der Waals surface area contributed by atoms with Crippen molar-refractivity contribution < 1.29 is 14.3 Å². The van der Waals surface area contributed by atoms with E-state index in [-0.39, 0.29) is 45.7 Å². The highest BCUT2D eigenvalue weighted by Crippen LogP contribution is 2.38. The monoisotopic (exact) mass is 565 g/mol. The Kier molecular flexibility index (Phi) is 7.09. The molecule has 0 radical (unpaired) electrons. The second kappa shape index (κ2) is 10.4. The average Bonchev–Trinajstić information content (AvgIpc) is 3.29. The first-order chi connectivity index (χ1) is 19.0. The van der Waals surface area contributed by atoms with Crippen molar-refractivity contribution in [2.75, 3.05) is 24.5 Å². The second-order valence-corrected chi connectivity index (χ2v) is 10.5. The minimum atomic E-state index is -0.711. The molecular weight excluding hydrogens is 537 g/mol. The SMILES string of the molecule is C=CC(=O)N1CCN(c2nc(=O)n(-c3c(C)cnn3C(C)C)c3nc(-c4c(O)cccc4F)c(Cl)cc23)[C@@H](C)C1. The van der Waals surface area contributed by atoms with Crippen LogP contribution in [0.15, 0.2) is 47.9 Å². The molecule has 0 saturated carbocycles. The van der Waals surface area contributed by atoms with Crippen LogP contribution < -0.4 is 10.6 Å². The number of amides is 1. The number of hydrogen-bond donors (Lipinski definition) is 1. The number of halogens is 2. The molecule has 0 bridgehead atoms. The molecule has 0 unspecified atom stereocenters. The van der Waals surface area contributed by atoms with Crippen LogP contribution in [0.3, 0.4) is 0 Å². The lowest BCUT2D eigenvalue weighted by Gasteiger charge is -2.40. The highest BCUT2D eigenvalue weighted by Gasteiger charge is 2.31.